The number of fused-ring (bicyclic) bond motifs is 1. The summed E-state index contributed by atoms with van der Waals surface area (Å²) in [5.41, 5.74) is 10.8. The molecule has 4 rings (SSSR count). The first kappa shape index (κ1) is 17.1. The Balaban J connectivity index is 1.84. The molecule has 3 heterocycles. The highest BCUT2D eigenvalue weighted by Crippen LogP contribution is 2.35. The Kier molecular flexibility index (Phi) is 4.30. The van der Waals surface area contributed by atoms with Gasteiger partial charge in [-0.25, -0.2) is 4.98 Å². The van der Waals surface area contributed by atoms with Gasteiger partial charge in [0, 0.05) is 11.3 Å². The number of halogens is 1. The molecule has 0 aliphatic rings. The van der Waals surface area contributed by atoms with Crippen molar-refractivity contribution in [3.63, 3.8) is 0 Å². The second kappa shape index (κ2) is 6.78. The quantitative estimate of drug-likeness (QED) is 0.544. The number of aryl methyl sites for hydroxylation is 1. The summed E-state index contributed by atoms with van der Waals surface area (Å²) in [6.45, 7) is 2.36. The standard InChI is InChI=1S/C19H14BrN7/c1-11-5-4-7-13(23-11)10-27-25-17-15(20)16(24-19(22)18(17)26-27)14-8-3-2-6-12(14)9-21/h2-8H,10H2,1H3,(H2,22,24). The van der Waals surface area contributed by atoms with Crippen LogP contribution in [0.15, 0.2) is 46.9 Å². The molecular weight excluding hydrogens is 406 g/mol. The van der Waals surface area contributed by atoms with Crippen LogP contribution in [0.2, 0.25) is 0 Å². The van der Waals surface area contributed by atoms with Crippen LogP contribution < -0.4 is 5.73 Å². The molecule has 0 radical (unpaired) electrons. The van der Waals surface area contributed by atoms with E-state index in [9.17, 15) is 5.26 Å². The highest BCUT2D eigenvalue weighted by molar-refractivity contribution is 9.10. The maximum Gasteiger partial charge on any atom is 0.156 e. The van der Waals surface area contributed by atoms with Gasteiger partial charge in [-0.3, -0.25) is 4.98 Å². The first-order valence-electron chi connectivity index (χ1n) is 8.18. The van der Waals surface area contributed by atoms with E-state index in [0.717, 1.165) is 11.4 Å². The third-order valence-corrected chi connectivity index (χ3v) is 4.85. The zero-order valence-electron chi connectivity index (χ0n) is 14.4. The molecule has 1 aromatic carbocycles. The molecule has 0 unspecified atom stereocenters. The summed E-state index contributed by atoms with van der Waals surface area (Å²) in [4.78, 5) is 10.5. The van der Waals surface area contributed by atoms with Gasteiger partial charge in [0.05, 0.1) is 27.5 Å². The van der Waals surface area contributed by atoms with Crippen molar-refractivity contribution in [2.24, 2.45) is 0 Å². The Morgan fingerprint density at radius 1 is 1.07 bits per heavy atom. The van der Waals surface area contributed by atoms with Gasteiger partial charge >= 0.3 is 0 Å². The van der Waals surface area contributed by atoms with Crippen molar-refractivity contribution < 1.29 is 0 Å². The molecule has 4 aromatic rings. The topological polar surface area (TPSA) is 106 Å². The minimum Gasteiger partial charge on any atom is -0.382 e. The van der Waals surface area contributed by atoms with Gasteiger partial charge in [0.2, 0.25) is 0 Å². The number of nitrogens with two attached hydrogens (primary N) is 1. The molecule has 0 fully saturated rings. The van der Waals surface area contributed by atoms with Crippen molar-refractivity contribution in [3.8, 4) is 17.3 Å². The van der Waals surface area contributed by atoms with Gasteiger partial charge < -0.3 is 5.73 Å². The molecule has 0 aliphatic carbocycles. The first-order valence-corrected chi connectivity index (χ1v) is 8.98. The lowest BCUT2D eigenvalue weighted by molar-refractivity contribution is 0.590. The highest BCUT2D eigenvalue weighted by Gasteiger charge is 2.19. The number of rotatable bonds is 3. The molecule has 27 heavy (non-hydrogen) atoms. The third-order valence-electron chi connectivity index (χ3n) is 4.10. The van der Waals surface area contributed by atoms with Crippen LogP contribution in [0.4, 0.5) is 5.82 Å². The lowest BCUT2D eigenvalue weighted by Crippen LogP contribution is -2.05. The van der Waals surface area contributed by atoms with Gasteiger partial charge in [0.15, 0.2) is 11.3 Å². The van der Waals surface area contributed by atoms with Gasteiger partial charge in [0.25, 0.3) is 0 Å². The number of hydrogen-bond acceptors (Lipinski definition) is 6. The average molecular weight is 420 g/mol. The summed E-state index contributed by atoms with van der Waals surface area (Å²) in [5, 5.41) is 18.4. The van der Waals surface area contributed by atoms with E-state index >= 15 is 0 Å². The number of anilines is 1. The van der Waals surface area contributed by atoms with Crippen molar-refractivity contribution in [2.45, 2.75) is 13.5 Å². The second-order valence-corrected chi connectivity index (χ2v) is 6.81. The minimum absolute atomic E-state index is 0.263. The van der Waals surface area contributed by atoms with Gasteiger partial charge in [-0.05, 0) is 41.1 Å². The van der Waals surface area contributed by atoms with Crippen LogP contribution in [0.25, 0.3) is 22.3 Å². The number of nitrogens with zero attached hydrogens (tertiary/aromatic N) is 6. The Bertz CT molecular complexity index is 1210. The van der Waals surface area contributed by atoms with Gasteiger partial charge in [0.1, 0.15) is 12.1 Å². The maximum absolute atomic E-state index is 9.38. The fraction of sp³-hybridized carbons (Fsp3) is 0.105. The highest BCUT2D eigenvalue weighted by atomic mass is 79.9. The summed E-state index contributed by atoms with van der Waals surface area (Å²) in [7, 11) is 0. The molecule has 0 saturated carbocycles. The van der Waals surface area contributed by atoms with E-state index in [-0.39, 0.29) is 5.82 Å². The molecule has 0 bridgehead atoms. The van der Waals surface area contributed by atoms with Crippen molar-refractivity contribution >= 4 is 32.8 Å². The fourth-order valence-electron chi connectivity index (χ4n) is 2.87. The van der Waals surface area contributed by atoms with Crippen LogP contribution >= 0.6 is 15.9 Å². The summed E-state index contributed by atoms with van der Waals surface area (Å²) >= 11 is 3.57. The lowest BCUT2D eigenvalue weighted by Gasteiger charge is -2.07. The number of hydrogen-bond donors (Lipinski definition) is 1. The van der Waals surface area contributed by atoms with E-state index in [1.807, 2.05) is 43.3 Å². The van der Waals surface area contributed by atoms with Crippen LogP contribution in [0.5, 0.6) is 0 Å². The third kappa shape index (κ3) is 3.13. The molecule has 0 aliphatic heterocycles. The summed E-state index contributed by atoms with van der Waals surface area (Å²) in [5.74, 6) is 0.263. The van der Waals surface area contributed by atoms with Crippen LogP contribution in [0, 0.1) is 18.3 Å². The van der Waals surface area contributed by atoms with Crippen molar-refractivity contribution in [2.75, 3.05) is 5.73 Å². The number of nitriles is 1. The smallest absolute Gasteiger partial charge is 0.156 e. The van der Waals surface area contributed by atoms with Crippen molar-refractivity contribution in [1.82, 2.24) is 25.0 Å². The summed E-state index contributed by atoms with van der Waals surface area (Å²) < 4.78 is 0.651. The zero-order valence-corrected chi connectivity index (χ0v) is 16.0. The molecule has 0 saturated heterocycles. The van der Waals surface area contributed by atoms with E-state index in [4.69, 9.17) is 5.73 Å². The van der Waals surface area contributed by atoms with Gasteiger partial charge in [-0.1, -0.05) is 24.3 Å². The number of nitrogen functional groups attached to an aromatic ring is 1. The minimum atomic E-state index is 0.263. The second-order valence-electron chi connectivity index (χ2n) is 6.01. The molecule has 0 spiro atoms. The Labute approximate surface area is 163 Å². The molecular formula is C19H14BrN7. The fourth-order valence-corrected chi connectivity index (χ4v) is 3.44. The Morgan fingerprint density at radius 3 is 2.63 bits per heavy atom. The monoisotopic (exact) mass is 419 g/mol. The van der Waals surface area contributed by atoms with E-state index in [1.165, 1.54) is 0 Å². The SMILES string of the molecule is Cc1cccc(Cn2nc3c(N)nc(-c4ccccc4C#N)c(Br)c3n2)n1. The lowest BCUT2D eigenvalue weighted by atomic mass is 10.0. The van der Waals surface area contributed by atoms with Gasteiger partial charge in [-0.15, -0.1) is 5.10 Å². The average Bonchev–Trinajstić information content (AvgIpc) is 3.09. The van der Waals surface area contributed by atoms with Crippen molar-refractivity contribution in [3.05, 3.63) is 63.9 Å². The van der Waals surface area contributed by atoms with E-state index < -0.39 is 0 Å². The van der Waals surface area contributed by atoms with E-state index in [0.29, 0.717) is 38.9 Å². The summed E-state index contributed by atoms with van der Waals surface area (Å²) in [6.07, 6.45) is 0. The van der Waals surface area contributed by atoms with Crippen LogP contribution in [0.3, 0.4) is 0 Å². The number of pyridine rings is 2. The molecule has 3 aromatic heterocycles. The number of aromatic nitrogens is 5. The van der Waals surface area contributed by atoms with Crippen LogP contribution in [0.1, 0.15) is 17.0 Å². The molecule has 132 valence electrons. The zero-order chi connectivity index (χ0) is 19.0. The maximum atomic E-state index is 9.38. The van der Waals surface area contributed by atoms with Crippen LogP contribution in [-0.4, -0.2) is 25.0 Å². The number of benzene rings is 1. The molecule has 8 heteroatoms. The Morgan fingerprint density at radius 2 is 1.85 bits per heavy atom. The Hall–Kier alpha value is -3.31. The van der Waals surface area contributed by atoms with E-state index in [1.54, 1.807) is 10.9 Å². The van der Waals surface area contributed by atoms with Crippen molar-refractivity contribution in [1.29, 1.82) is 5.26 Å². The predicted molar refractivity (Wildman–Crippen MR) is 106 cm³/mol. The molecule has 7 nitrogen and oxygen atoms in total. The van der Waals surface area contributed by atoms with E-state index in [2.05, 4.69) is 42.2 Å². The van der Waals surface area contributed by atoms with Gasteiger partial charge in [-0.2, -0.15) is 15.2 Å². The molecule has 0 amide bonds. The van der Waals surface area contributed by atoms with Crippen LogP contribution in [-0.2, 0) is 6.54 Å². The molecule has 0 atom stereocenters. The largest absolute Gasteiger partial charge is 0.382 e. The predicted octanol–water partition coefficient (Wildman–Crippen LogP) is 3.46. The summed E-state index contributed by atoms with van der Waals surface area (Å²) in [6, 6.07) is 15.2. The normalized spacial score (nSPS) is 10.9. The molecule has 2 N–H and O–H groups in total. The first-order chi connectivity index (χ1) is 13.1.